The summed E-state index contributed by atoms with van der Waals surface area (Å²) < 4.78 is 16.0. The summed E-state index contributed by atoms with van der Waals surface area (Å²) in [4.78, 5) is 13.5. The topological polar surface area (TPSA) is 80.6 Å². The molecule has 0 bridgehead atoms. The molecule has 1 heterocycles. The van der Waals surface area contributed by atoms with Crippen LogP contribution in [-0.4, -0.2) is 43.1 Å². The first-order chi connectivity index (χ1) is 15.9. The Bertz CT molecular complexity index is 1200. The number of aryl methyl sites for hydroxylation is 1. The van der Waals surface area contributed by atoms with Crippen LogP contribution in [0.2, 0.25) is 0 Å². The number of benzene rings is 3. The Hall–Kier alpha value is -4.00. The summed E-state index contributed by atoms with van der Waals surface area (Å²) >= 11 is 0. The molecule has 0 saturated heterocycles. The van der Waals surface area contributed by atoms with E-state index < -0.39 is 0 Å². The number of hydrogen-bond acceptors (Lipinski definition) is 6. The Kier molecular flexibility index (Phi) is 6.22. The van der Waals surface area contributed by atoms with Crippen LogP contribution in [0.4, 0.5) is 0 Å². The zero-order chi connectivity index (χ0) is 23.5. The quantitative estimate of drug-likeness (QED) is 0.593. The summed E-state index contributed by atoms with van der Waals surface area (Å²) in [5.74, 6) is 1.53. The van der Waals surface area contributed by atoms with Crippen LogP contribution in [0.25, 0.3) is 0 Å². The molecule has 0 radical (unpaired) electrons. The van der Waals surface area contributed by atoms with Crippen molar-refractivity contribution in [3.63, 3.8) is 0 Å². The van der Waals surface area contributed by atoms with Gasteiger partial charge in [0.25, 0.3) is 5.91 Å². The summed E-state index contributed by atoms with van der Waals surface area (Å²) in [5, 5.41) is 16.7. The van der Waals surface area contributed by atoms with Crippen LogP contribution in [0.1, 0.15) is 39.5 Å². The molecule has 1 atom stereocenters. The summed E-state index contributed by atoms with van der Waals surface area (Å²) in [6.45, 7) is 1.97. The van der Waals surface area contributed by atoms with Gasteiger partial charge in [0.1, 0.15) is 11.5 Å². The zero-order valence-corrected chi connectivity index (χ0v) is 19.0. The second-order valence-corrected chi connectivity index (χ2v) is 7.78. The van der Waals surface area contributed by atoms with Crippen molar-refractivity contribution in [2.24, 2.45) is 5.10 Å². The van der Waals surface area contributed by atoms with Gasteiger partial charge in [0.15, 0.2) is 11.5 Å². The van der Waals surface area contributed by atoms with Gasteiger partial charge in [0, 0.05) is 23.6 Å². The second-order valence-electron chi connectivity index (χ2n) is 7.78. The van der Waals surface area contributed by atoms with E-state index in [0.717, 1.165) is 11.1 Å². The van der Waals surface area contributed by atoms with E-state index in [1.165, 1.54) is 18.2 Å². The van der Waals surface area contributed by atoms with Crippen LogP contribution in [0.5, 0.6) is 23.0 Å². The monoisotopic (exact) mass is 446 g/mol. The van der Waals surface area contributed by atoms with E-state index in [1.807, 2.05) is 37.3 Å². The number of methoxy groups -OCH3 is 3. The first kappa shape index (κ1) is 22.2. The number of hydrazone groups is 1. The summed E-state index contributed by atoms with van der Waals surface area (Å²) in [5.41, 5.74) is 3.61. The molecule has 1 N–H and O–H groups in total. The number of carbonyl (C=O) groups excluding carboxylic acids is 1. The zero-order valence-electron chi connectivity index (χ0n) is 19.0. The molecule has 1 aliphatic heterocycles. The van der Waals surface area contributed by atoms with E-state index in [0.29, 0.717) is 40.5 Å². The molecule has 170 valence electrons. The minimum absolute atomic E-state index is 0.0452. The molecule has 0 aromatic heterocycles. The number of carbonyl (C=O) groups is 1. The van der Waals surface area contributed by atoms with Gasteiger partial charge in [0.05, 0.1) is 33.1 Å². The maximum Gasteiger partial charge on any atom is 0.274 e. The smallest absolute Gasteiger partial charge is 0.274 e. The number of amides is 1. The fourth-order valence-electron chi connectivity index (χ4n) is 3.89. The van der Waals surface area contributed by atoms with Crippen molar-refractivity contribution in [2.75, 3.05) is 21.3 Å². The molecule has 1 amide bonds. The van der Waals surface area contributed by atoms with E-state index >= 15 is 0 Å². The summed E-state index contributed by atoms with van der Waals surface area (Å²) in [6, 6.07) is 17.6. The molecule has 33 heavy (non-hydrogen) atoms. The van der Waals surface area contributed by atoms with E-state index in [2.05, 4.69) is 5.10 Å². The van der Waals surface area contributed by atoms with Crippen LogP contribution in [0.3, 0.4) is 0 Å². The lowest BCUT2D eigenvalue weighted by molar-refractivity contribution is 0.0711. The third-order valence-corrected chi connectivity index (χ3v) is 5.73. The predicted octanol–water partition coefficient (Wildman–Crippen LogP) is 4.72. The lowest BCUT2D eigenvalue weighted by atomic mass is 9.97. The van der Waals surface area contributed by atoms with Crippen molar-refractivity contribution < 1.29 is 24.1 Å². The van der Waals surface area contributed by atoms with Crippen LogP contribution in [0.15, 0.2) is 65.8 Å². The van der Waals surface area contributed by atoms with Gasteiger partial charge < -0.3 is 19.3 Å². The van der Waals surface area contributed by atoms with Gasteiger partial charge in [-0.1, -0.05) is 23.8 Å². The van der Waals surface area contributed by atoms with Gasteiger partial charge >= 0.3 is 0 Å². The van der Waals surface area contributed by atoms with Gasteiger partial charge in [0.2, 0.25) is 0 Å². The van der Waals surface area contributed by atoms with Crippen LogP contribution in [-0.2, 0) is 0 Å². The van der Waals surface area contributed by atoms with E-state index in [4.69, 9.17) is 14.2 Å². The van der Waals surface area contributed by atoms with E-state index in [9.17, 15) is 9.90 Å². The second kappa shape index (κ2) is 9.24. The molecule has 0 aliphatic carbocycles. The molecule has 0 unspecified atom stereocenters. The van der Waals surface area contributed by atoms with Gasteiger partial charge in [-0.3, -0.25) is 4.79 Å². The maximum atomic E-state index is 13.5. The van der Waals surface area contributed by atoms with Crippen molar-refractivity contribution in [3.05, 3.63) is 82.9 Å². The molecule has 0 saturated carbocycles. The van der Waals surface area contributed by atoms with Crippen LogP contribution >= 0.6 is 0 Å². The van der Waals surface area contributed by atoms with Gasteiger partial charge in [-0.05, 0) is 48.9 Å². The van der Waals surface area contributed by atoms with E-state index in [1.54, 1.807) is 38.5 Å². The molecule has 7 heteroatoms. The Morgan fingerprint density at radius 1 is 0.939 bits per heavy atom. The fourth-order valence-corrected chi connectivity index (χ4v) is 3.89. The molecular weight excluding hydrogens is 420 g/mol. The predicted molar refractivity (Wildman–Crippen MR) is 125 cm³/mol. The minimum Gasteiger partial charge on any atom is -0.507 e. The molecule has 3 aromatic rings. The molecule has 4 rings (SSSR count). The standard InChI is InChI=1S/C26H26N2O5/c1-16-5-7-17(8-6-16)26(30)28-22(18-9-12-24(32-3)25(13-18)33-4)15-21(27-28)20-11-10-19(31-2)14-23(20)29/h5-14,22,29H,15H2,1-4H3/t22-/m1/s1. The lowest BCUT2D eigenvalue weighted by Gasteiger charge is -2.23. The fraction of sp³-hybridized carbons (Fsp3) is 0.231. The lowest BCUT2D eigenvalue weighted by Crippen LogP contribution is -2.27. The van der Waals surface area contributed by atoms with Crippen LogP contribution < -0.4 is 14.2 Å². The molecular formula is C26H26N2O5. The SMILES string of the molecule is COc1ccc(C2=NN(C(=O)c3ccc(C)cc3)[C@@H](c3ccc(OC)c(OC)c3)C2)c(O)c1. The number of rotatable bonds is 6. The highest BCUT2D eigenvalue weighted by atomic mass is 16.5. The van der Waals surface area contributed by atoms with E-state index in [-0.39, 0.29) is 17.7 Å². The van der Waals surface area contributed by atoms with Crippen molar-refractivity contribution in [1.29, 1.82) is 0 Å². The largest absolute Gasteiger partial charge is 0.507 e. The van der Waals surface area contributed by atoms with Crippen LogP contribution in [0, 0.1) is 6.92 Å². The molecule has 1 aliphatic rings. The average molecular weight is 447 g/mol. The first-order valence-electron chi connectivity index (χ1n) is 10.5. The third-order valence-electron chi connectivity index (χ3n) is 5.73. The highest BCUT2D eigenvalue weighted by Crippen LogP contribution is 2.39. The number of aromatic hydroxyl groups is 1. The molecule has 0 spiro atoms. The molecule has 3 aromatic carbocycles. The highest BCUT2D eigenvalue weighted by molar-refractivity contribution is 6.06. The first-order valence-corrected chi connectivity index (χ1v) is 10.5. The van der Waals surface area contributed by atoms with Gasteiger partial charge in [-0.2, -0.15) is 5.10 Å². The summed E-state index contributed by atoms with van der Waals surface area (Å²) in [6.07, 6.45) is 0.424. The molecule has 7 nitrogen and oxygen atoms in total. The number of phenols is 1. The van der Waals surface area contributed by atoms with Gasteiger partial charge in [-0.25, -0.2) is 5.01 Å². The number of phenolic OH excluding ortho intramolecular Hbond substituents is 1. The Morgan fingerprint density at radius 3 is 2.30 bits per heavy atom. The average Bonchev–Trinajstić information content (AvgIpc) is 3.28. The van der Waals surface area contributed by atoms with Crippen molar-refractivity contribution in [3.8, 4) is 23.0 Å². The van der Waals surface area contributed by atoms with Crippen molar-refractivity contribution >= 4 is 11.6 Å². The Balaban J connectivity index is 1.76. The minimum atomic E-state index is -0.380. The normalized spacial score (nSPS) is 15.2. The summed E-state index contributed by atoms with van der Waals surface area (Å²) in [7, 11) is 4.69. The Morgan fingerprint density at radius 2 is 1.67 bits per heavy atom. The third kappa shape index (κ3) is 4.35. The number of hydrogen-bond donors (Lipinski definition) is 1. The number of nitrogens with zero attached hydrogens (tertiary/aromatic N) is 2. The molecule has 0 fully saturated rings. The van der Waals surface area contributed by atoms with Crippen molar-refractivity contribution in [2.45, 2.75) is 19.4 Å². The Labute approximate surface area is 192 Å². The highest BCUT2D eigenvalue weighted by Gasteiger charge is 2.35. The maximum absolute atomic E-state index is 13.5. The van der Waals surface area contributed by atoms with Gasteiger partial charge in [-0.15, -0.1) is 0 Å². The van der Waals surface area contributed by atoms with Crippen molar-refractivity contribution in [1.82, 2.24) is 5.01 Å². The number of ether oxygens (including phenoxy) is 3.